The van der Waals surface area contributed by atoms with Crippen LogP contribution in [0.5, 0.6) is 5.75 Å². The molecule has 0 aromatic heterocycles. The molecule has 168 valence electrons. The second-order valence-electron chi connectivity index (χ2n) is 8.17. The van der Waals surface area contributed by atoms with E-state index in [0.717, 1.165) is 23.1 Å². The SMILES string of the molecule is C=CCNC(=O)COc1ccc2c(c1)[C@H](c1cccc(C)c1)N(C(=O)c1ccccc1)CC2. The summed E-state index contributed by atoms with van der Waals surface area (Å²) in [6.07, 6.45) is 2.39. The standard InChI is InChI=1S/C28H28N2O3/c1-3-15-29-26(31)19-33-24-13-12-21-14-16-30(28(32)22-9-5-4-6-10-22)27(25(21)18-24)23-11-7-8-20(2)17-23/h3-13,17-18,27H,1,14-16,19H2,2H3,(H,29,31)/t27-/m0/s1. The van der Waals surface area contributed by atoms with E-state index in [4.69, 9.17) is 4.74 Å². The number of nitrogens with one attached hydrogen (secondary N) is 1. The molecule has 1 atom stereocenters. The fraction of sp³-hybridized carbons (Fsp3) is 0.214. The largest absolute Gasteiger partial charge is 0.484 e. The van der Waals surface area contributed by atoms with Gasteiger partial charge in [0.25, 0.3) is 11.8 Å². The van der Waals surface area contributed by atoms with E-state index in [1.54, 1.807) is 6.08 Å². The van der Waals surface area contributed by atoms with Crippen LogP contribution in [-0.4, -0.2) is 36.4 Å². The predicted molar refractivity (Wildman–Crippen MR) is 129 cm³/mol. The Labute approximate surface area is 194 Å². The quantitative estimate of drug-likeness (QED) is 0.552. The van der Waals surface area contributed by atoms with Crippen molar-refractivity contribution in [3.63, 3.8) is 0 Å². The van der Waals surface area contributed by atoms with Crippen LogP contribution in [0, 0.1) is 6.92 Å². The van der Waals surface area contributed by atoms with Crippen molar-refractivity contribution in [2.24, 2.45) is 0 Å². The van der Waals surface area contributed by atoms with Crippen LogP contribution in [0.1, 0.15) is 38.7 Å². The zero-order chi connectivity index (χ0) is 23.2. The maximum Gasteiger partial charge on any atom is 0.258 e. The molecule has 2 amide bonds. The second-order valence-corrected chi connectivity index (χ2v) is 8.17. The molecule has 33 heavy (non-hydrogen) atoms. The third kappa shape index (κ3) is 5.14. The van der Waals surface area contributed by atoms with Gasteiger partial charge in [0.15, 0.2) is 6.61 Å². The summed E-state index contributed by atoms with van der Waals surface area (Å²) >= 11 is 0. The molecule has 4 rings (SSSR count). The van der Waals surface area contributed by atoms with Gasteiger partial charge in [-0.2, -0.15) is 0 Å². The summed E-state index contributed by atoms with van der Waals surface area (Å²) in [5, 5.41) is 2.71. The van der Waals surface area contributed by atoms with Crippen molar-refractivity contribution in [3.8, 4) is 5.75 Å². The molecule has 3 aromatic carbocycles. The molecule has 1 aliphatic rings. The van der Waals surface area contributed by atoms with Gasteiger partial charge in [0, 0.05) is 18.7 Å². The molecule has 5 heteroatoms. The monoisotopic (exact) mass is 440 g/mol. The van der Waals surface area contributed by atoms with Crippen LogP contribution >= 0.6 is 0 Å². The first-order valence-electron chi connectivity index (χ1n) is 11.1. The highest BCUT2D eigenvalue weighted by atomic mass is 16.5. The Bertz CT molecular complexity index is 1160. The second kappa shape index (κ2) is 10.2. The highest BCUT2D eigenvalue weighted by Gasteiger charge is 2.33. The van der Waals surface area contributed by atoms with Gasteiger partial charge in [-0.15, -0.1) is 6.58 Å². The van der Waals surface area contributed by atoms with Gasteiger partial charge in [-0.1, -0.05) is 60.2 Å². The van der Waals surface area contributed by atoms with Gasteiger partial charge < -0.3 is 15.0 Å². The number of rotatable bonds is 7. The summed E-state index contributed by atoms with van der Waals surface area (Å²) in [5.74, 6) is 0.404. The van der Waals surface area contributed by atoms with Gasteiger partial charge in [0.05, 0.1) is 6.04 Å². The average molecular weight is 441 g/mol. The Kier molecular flexibility index (Phi) is 6.89. The molecule has 0 spiro atoms. The molecule has 1 aliphatic heterocycles. The average Bonchev–Trinajstić information content (AvgIpc) is 2.85. The van der Waals surface area contributed by atoms with Crippen LogP contribution in [-0.2, 0) is 11.2 Å². The fourth-order valence-electron chi connectivity index (χ4n) is 4.23. The van der Waals surface area contributed by atoms with Crippen LogP contribution in [0.25, 0.3) is 0 Å². The molecule has 0 saturated carbocycles. The Balaban J connectivity index is 1.69. The molecule has 0 bridgehead atoms. The predicted octanol–water partition coefficient (Wildman–Crippen LogP) is 4.46. The van der Waals surface area contributed by atoms with E-state index < -0.39 is 0 Å². The number of fused-ring (bicyclic) bond motifs is 1. The van der Waals surface area contributed by atoms with Gasteiger partial charge in [-0.05, 0) is 54.3 Å². The first-order valence-corrected chi connectivity index (χ1v) is 11.1. The fourth-order valence-corrected chi connectivity index (χ4v) is 4.23. The Morgan fingerprint density at radius 2 is 1.91 bits per heavy atom. The van der Waals surface area contributed by atoms with Gasteiger partial charge >= 0.3 is 0 Å². The molecule has 0 saturated heterocycles. The van der Waals surface area contributed by atoms with Crippen molar-refractivity contribution in [1.29, 1.82) is 0 Å². The first-order chi connectivity index (χ1) is 16.1. The van der Waals surface area contributed by atoms with Crippen molar-refractivity contribution >= 4 is 11.8 Å². The van der Waals surface area contributed by atoms with Crippen LogP contribution in [0.4, 0.5) is 0 Å². The lowest BCUT2D eigenvalue weighted by atomic mass is 9.87. The van der Waals surface area contributed by atoms with Crippen molar-refractivity contribution in [2.45, 2.75) is 19.4 Å². The molecular formula is C28H28N2O3. The molecule has 0 aliphatic carbocycles. The van der Waals surface area contributed by atoms with E-state index in [0.29, 0.717) is 24.4 Å². The molecule has 3 aromatic rings. The smallest absolute Gasteiger partial charge is 0.258 e. The number of benzene rings is 3. The Morgan fingerprint density at radius 3 is 2.67 bits per heavy atom. The highest BCUT2D eigenvalue weighted by Crippen LogP contribution is 2.38. The zero-order valence-electron chi connectivity index (χ0n) is 18.8. The summed E-state index contributed by atoms with van der Waals surface area (Å²) < 4.78 is 5.77. The summed E-state index contributed by atoms with van der Waals surface area (Å²) in [5.41, 5.74) is 5.08. The van der Waals surface area contributed by atoms with E-state index in [1.165, 1.54) is 5.56 Å². The molecule has 0 unspecified atom stereocenters. The minimum absolute atomic E-state index is 0.00267. The van der Waals surface area contributed by atoms with Gasteiger partial charge in [0.2, 0.25) is 0 Å². The van der Waals surface area contributed by atoms with E-state index >= 15 is 0 Å². The van der Waals surface area contributed by atoms with E-state index in [2.05, 4.69) is 37.0 Å². The van der Waals surface area contributed by atoms with Gasteiger partial charge in [-0.25, -0.2) is 0 Å². The van der Waals surface area contributed by atoms with Crippen LogP contribution in [0.3, 0.4) is 0 Å². The number of carbonyl (C=O) groups is 2. The molecule has 1 heterocycles. The van der Waals surface area contributed by atoms with Crippen molar-refractivity contribution in [3.05, 3.63) is 113 Å². The zero-order valence-corrected chi connectivity index (χ0v) is 18.8. The molecule has 1 N–H and O–H groups in total. The lowest BCUT2D eigenvalue weighted by Gasteiger charge is -2.38. The maximum absolute atomic E-state index is 13.5. The number of amides is 2. The maximum atomic E-state index is 13.5. The minimum Gasteiger partial charge on any atom is -0.484 e. The minimum atomic E-state index is -0.237. The van der Waals surface area contributed by atoms with Gasteiger partial charge in [-0.3, -0.25) is 9.59 Å². The molecule has 0 radical (unpaired) electrons. The number of hydrogen-bond donors (Lipinski definition) is 1. The van der Waals surface area contributed by atoms with Crippen LogP contribution in [0.15, 0.2) is 85.5 Å². The van der Waals surface area contributed by atoms with E-state index in [1.807, 2.05) is 59.5 Å². The lowest BCUT2D eigenvalue weighted by molar-refractivity contribution is -0.122. The summed E-state index contributed by atoms with van der Waals surface area (Å²) in [6.45, 7) is 6.61. The van der Waals surface area contributed by atoms with Crippen molar-refractivity contribution in [1.82, 2.24) is 10.2 Å². The van der Waals surface area contributed by atoms with Gasteiger partial charge in [0.1, 0.15) is 5.75 Å². The first kappa shape index (κ1) is 22.3. The van der Waals surface area contributed by atoms with E-state index in [9.17, 15) is 9.59 Å². The highest BCUT2D eigenvalue weighted by molar-refractivity contribution is 5.95. The normalized spacial score (nSPS) is 14.8. The van der Waals surface area contributed by atoms with Crippen molar-refractivity contribution < 1.29 is 14.3 Å². The van der Waals surface area contributed by atoms with Crippen LogP contribution in [0.2, 0.25) is 0 Å². The molecule has 5 nitrogen and oxygen atoms in total. The number of carbonyl (C=O) groups excluding carboxylic acids is 2. The van der Waals surface area contributed by atoms with Crippen LogP contribution < -0.4 is 10.1 Å². The summed E-state index contributed by atoms with van der Waals surface area (Å²) in [4.78, 5) is 27.4. The summed E-state index contributed by atoms with van der Waals surface area (Å²) in [7, 11) is 0. The number of aryl methyl sites for hydroxylation is 1. The third-order valence-corrected chi connectivity index (χ3v) is 5.80. The van der Waals surface area contributed by atoms with Crippen molar-refractivity contribution in [2.75, 3.05) is 19.7 Å². The Hall–Kier alpha value is -3.86. The number of nitrogens with zero attached hydrogens (tertiary/aromatic N) is 1. The summed E-state index contributed by atoms with van der Waals surface area (Å²) in [6, 6.07) is 23.3. The third-order valence-electron chi connectivity index (χ3n) is 5.80. The topological polar surface area (TPSA) is 58.6 Å². The van der Waals surface area contributed by atoms with E-state index in [-0.39, 0.29) is 24.5 Å². The molecule has 0 fully saturated rings. The number of hydrogen-bond acceptors (Lipinski definition) is 3. The number of ether oxygens (including phenoxy) is 1. The lowest BCUT2D eigenvalue weighted by Crippen LogP contribution is -2.40. The Morgan fingerprint density at radius 1 is 1.09 bits per heavy atom. The molecular weight excluding hydrogens is 412 g/mol.